The van der Waals surface area contributed by atoms with Gasteiger partial charge in [0, 0.05) is 18.8 Å². The molecule has 2 aromatic carbocycles. The number of ether oxygens (including phenoxy) is 1. The molecular formula is C16H18N2O3. The van der Waals surface area contributed by atoms with Crippen molar-refractivity contribution in [2.24, 2.45) is 5.73 Å². The van der Waals surface area contributed by atoms with Crippen molar-refractivity contribution in [2.45, 2.75) is 6.61 Å². The molecule has 0 bridgehead atoms. The third-order valence-electron chi connectivity index (χ3n) is 2.93. The lowest BCUT2D eigenvalue weighted by Gasteiger charge is -2.08. The van der Waals surface area contributed by atoms with Crippen molar-refractivity contribution in [3.05, 3.63) is 59.7 Å². The highest BCUT2D eigenvalue weighted by Crippen LogP contribution is 2.17. The van der Waals surface area contributed by atoms with E-state index in [0.717, 1.165) is 23.5 Å². The lowest BCUT2D eigenvalue weighted by molar-refractivity contribution is 0.0697. The fourth-order valence-corrected chi connectivity index (χ4v) is 1.80. The minimum atomic E-state index is -0.928. The predicted octanol–water partition coefficient (Wildman–Crippen LogP) is 2.33. The van der Waals surface area contributed by atoms with E-state index in [-0.39, 0.29) is 5.56 Å². The van der Waals surface area contributed by atoms with Crippen LogP contribution in [0.25, 0.3) is 0 Å². The van der Waals surface area contributed by atoms with Crippen LogP contribution in [0.2, 0.25) is 0 Å². The van der Waals surface area contributed by atoms with Gasteiger partial charge in [0.15, 0.2) is 0 Å². The number of rotatable bonds is 7. The lowest BCUT2D eigenvalue weighted by atomic mass is 10.1. The van der Waals surface area contributed by atoms with E-state index in [0.29, 0.717) is 13.2 Å². The van der Waals surface area contributed by atoms with E-state index in [1.807, 2.05) is 24.3 Å². The summed E-state index contributed by atoms with van der Waals surface area (Å²) in [6.07, 6.45) is 0. The van der Waals surface area contributed by atoms with Crippen LogP contribution in [-0.2, 0) is 6.61 Å². The van der Waals surface area contributed by atoms with Crippen molar-refractivity contribution in [3.63, 3.8) is 0 Å². The van der Waals surface area contributed by atoms with Gasteiger partial charge in [-0.1, -0.05) is 12.1 Å². The zero-order valence-electron chi connectivity index (χ0n) is 11.6. The minimum Gasteiger partial charge on any atom is -0.489 e. The van der Waals surface area contributed by atoms with Crippen molar-refractivity contribution in [3.8, 4) is 5.75 Å². The summed E-state index contributed by atoms with van der Waals surface area (Å²) in [6.45, 7) is 1.72. The first-order valence-corrected chi connectivity index (χ1v) is 6.68. The first kappa shape index (κ1) is 14.9. The molecule has 0 saturated heterocycles. The second-order valence-corrected chi connectivity index (χ2v) is 4.53. The van der Waals surface area contributed by atoms with E-state index in [9.17, 15) is 4.79 Å². The Morgan fingerprint density at radius 2 is 1.76 bits per heavy atom. The van der Waals surface area contributed by atoms with E-state index in [1.54, 1.807) is 24.3 Å². The molecule has 0 heterocycles. The van der Waals surface area contributed by atoms with Gasteiger partial charge >= 0.3 is 5.97 Å². The largest absolute Gasteiger partial charge is 0.489 e. The summed E-state index contributed by atoms with van der Waals surface area (Å²) >= 11 is 0. The van der Waals surface area contributed by atoms with Crippen molar-refractivity contribution in [1.82, 2.24) is 0 Å². The normalized spacial score (nSPS) is 10.1. The number of carbonyl (C=O) groups is 1. The molecular weight excluding hydrogens is 268 g/mol. The Kier molecular flexibility index (Phi) is 5.17. The van der Waals surface area contributed by atoms with Gasteiger partial charge in [-0.15, -0.1) is 0 Å². The van der Waals surface area contributed by atoms with Gasteiger partial charge in [0.25, 0.3) is 0 Å². The van der Waals surface area contributed by atoms with Crippen LogP contribution in [0.3, 0.4) is 0 Å². The molecule has 2 aromatic rings. The van der Waals surface area contributed by atoms with Crippen molar-refractivity contribution >= 4 is 11.7 Å². The number of hydrogen-bond donors (Lipinski definition) is 3. The fourth-order valence-electron chi connectivity index (χ4n) is 1.80. The van der Waals surface area contributed by atoms with Crippen molar-refractivity contribution in [2.75, 3.05) is 18.4 Å². The average Bonchev–Trinajstić information content (AvgIpc) is 2.52. The molecule has 0 aromatic heterocycles. The summed E-state index contributed by atoms with van der Waals surface area (Å²) < 4.78 is 5.65. The molecule has 110 valence electrons. The maximum Gasteiger partial charge on any atom is 0.335 e. The first-order valence-electron chi connectivity index (χ1n) is 6.68. The van der Waals surface area contributed by atoms with E-state index in [1.165, 1.54) is 0 Å². The molecule has 0 radical (unpaired) electrons. The SMILES string of the molecule is NCCNc1ccc(OCc2ccc(C(=O)O)cc2)cc1. The smallest absolute Gasteiger partial charge is 0.335 e. The van der Waals surface area contributed by atoms with Crippen LogP contribution in [0, 0.1) is 0 Å². The number of hydrogen-bond acceptors (Lipinski definition) is 4. The van der Waals surface area contributed by atoms with E-state index >= 15 is 0 Å². The third-order valence-corrected chi connectivity index (χ3v) is 2.93. The van der Waals surface area contributed by atoms with Crippen LogP contribution in [0.4, 0.5) is 5.69 Å². The second-order valence-electron chi connectivity index (χ2n) is 4.53. The molecule has 5 heteroatoms. The van der Waals surface area contributed by atoms with Gasteiger partial charge in [0.2, 0.25) is 0 Å². The number of benzene rings is 2. The van der Waals surface area contributed by atoms with Crippen LogP contribution in [0.5, 0.6) is 5.75 Å². The van der Waals surface area contributed by atoms with Crippen LogP contribution in [0.1, 0.15) is 15.9 Å². The zero-order chi connectivity index (χ0) is 15.1. The summed E-state index contributed by atoms with van der Waals surface area (Å²) in [5.74, 6) is -0.168. The Hall–Kier alpha value is -2.53. The molecule has 0 unspecified atom stereocenters. The highest BCUT2D eigenvalue weighted by atomic mass is 16.5. The van der Waals surface area contributed by atoms with E-state index in [2.05, 4.69) is 5.32 Å². The number of anilines is 1. The number of aromatic carboxylic acids is 1. The zero-order valence-corrected chi connectivity index (χ0v) is 11.6. The van der Waals surface area contributed by atoms with E-state index in [4.69, 9.17) is 15.6 Å². The Morgan fingerprint density at radius 1 is 1.10 bits per heavy atom. The van der Waals surface area contributed by atoms with Crippen LogP contribution in [0.15, 0.2) is 48.5 Å². The number of carboxylic acid groups (broad SMARTS) is 1. The topological polar surface area (TPSA) is 84.6 Å². The maximum atomic E-state index is 10.8. The predicted molar refractivity (Wildman–Crippen MR) is 81.7 cm³/mol. The second kappa shape index (κ2) is 7.31. The van der Waals surface area contributed by atoms with Gasteiger partial charge in [-0.05, 0) is 42.0 Å². The first-order chi connectivity index (χ1) is 10.2. The molecule has 5 nitrogen and oxygen atoms in total. The molecule has 21 heavy (non-hydrogen) atoms. The molecule has 0 atom stereocenters. The maximum absolute atomic E-state index is 10.8. The Morgan fingerprint density at radius 3 is 2.33 bits per heavy atom. The monoisotopic (exact) mass is 286 g/mol. The van der Waals surface area contributed by atoms with E-state index < -0.39 is 5.97 Å². The number of nitrogens with two attached hydrogens (primary N) is 1. The standard InChI is InChI=1S/C16H18N2O3/c17-9-10-18-14-5-7-15(8-6-14)21-11-12-1-3-13(4-2-12)16(19)20/h1-8,18H,9-11,17H2,(H,19,20). The minimum absolute atomic E-state index is 0.272. The highest BCUT2D eigenvalue weighted by Gasteiger charge is 2.02. The summed E-state index contributed by atoms with van der Waals surface area (Å²) in [6, 6.07) is 14.3. The molecule has 0 aliphatic carbocycles. The molecule has 4 N–H and O–H groups in total. The quantitative estimate of drug-likeness (QED) is 0.727. The van der Waals surface area contributed by atoms with Crippen LogP contribution < -0.4 is 15.8 Å². The lowest BCUT2D eigenvalue weighted by Crippen LogP contribution is -2.12. The fraction of sp³-hybridized carbons (Fsp3) is 0.188. The third kappa shape index (κ3) is 4.50. The van der Waals surface area contributed by atoms with Crippen LogP contribution in [-0.4, -0.2) is 24.2 Å². The molecule has 0 aliphatic rings. The molecule has 2 rings (SSSR count). The van der Waals surface area contributed by atoms with Crippen molar-refractivity contribution in [1.29, 1.82) is 0 Å². The van der Waals surface area contributed by atoms with Crippen molar-refractivity contribution < 1.29 is 14.6 Å². The van der Waals surface area contributed by atoms with Gasteiger partial charge in [-0.3, -0.25) is 0 Å². The highest BCUT2D eigenvalue weighted by molar-refractivity contribution is 5.87. The molecule has 0 amide bonds. The summed E-state index contributed by atoms with van der Waals surface area (Å²) in [4.78, 5) is 10.8. The van der Waals surface area contributed by atoms with Crippen LogP contribution >= 0.6 is 0 Å². The molecule has 0 fully saturated rings. The molecule has 0 aliphatic heterocycles. The van der Waals surface area contributed by atoms with Gasteiger partial charge in [-0.25, -0.2) is 4.79 Å². The number of carboxylic acids is 1. The average molecular weight is 286 g/mol. The Labute approximate surface area is 123 Å². The number of nitrogens with one attached hydrogen (secondary N) is 1. The Bertz CT molecular complexity index is 579. The molecule has 0 saturated carbocycles. The summed E-state index contributed by atoms with van der Waals surface area (Å²) in [5.41, 5.74) is 7.62. The van der Waals surface area contributed by atoms with Gasteiger partial charge < -0.3 is 20.9 Å². The Balaban J connectivity index is 1.88. The van der Waals surface area contributed by atoms with Gasteiger partial charge in [-0.2, -0.15) is 0 Å². The van der Waals surface area contributed by atoms with Gasteiger partial charge in [0.05, 0.1) is 5.56 Å². The summed E-state index contributed by atoms with van der Waals surface area (Å²) in [7, 11) is 0. The summed E-state index contributed by atoms with van der Waals surface area (Å²) in [5, 5.41) is 12.0. The van der Waals surface area contributed by atoms with Gasteiger partial charge in [0.1, 0.15) is 12.4 Å². The molecule has 0 spiro atoms.